The molecular formula is C10H24KNO3S. The zero-order valence-corrected chi connectivity index (χ0v) is 10.5. The fourth-order valence-corrected chi connectivity index (χ4v) is 1.85. The first-order chi connectivity index (χ1) is 6.92. The van der Waals surface area contributed by atoms with Crippen molar-refractivity contribution in [2.45, 2.75) is 39.5 Å². The first-order valence-electron chi connectivity index (χ1n) is 5.57. The summed E-state index contributed by atoms with van der Waals surface area (Å²) < 4.78 is 29.2. The number of hydrogen-bond donors (Lipinski definition) is 2. The number of rotatable bonds is 9. The monoisotopic (exact) mass is 277 g/mol. The van der Waals surface area contributed by atoms with Crippen molar-refractivity contribution >= 4 is 61.5 Å². The van der Waals surface area contributed by atoms with Gasteiger partial charge in [-0.3, -0.25) is 4.55 Å². The zero-order chi connectivity index (χ0) is 11.7. The predicted octanol–water partition coefficient (Wildman–Crippen LogP) is 1.03. The Kier molecular flexibility index (Phi) is 14.4. The van der Waals surface area contributed by atoms with Gasteiger partial charge < -0.3 is 5.32 Å². The molecule has 0 aliphatic carbocycles. The standard InChI is InChI=1S/C10H23NO3S.K.H/c1-10(2)9-11-7-5-3-4-6-8-15(12,13)14;;/h10-11H,3-9H2,1-2H3,(H,12,13,14);;. The molecule has 0 aromatic heterocycles. The van der Waals surface area contributed by atoms with Gasteiger partial charge in [0.2, 0.25) is 0 Å². The summed E-state index contributed by atoms with van der Waals surface area (Å²) >= 11 is 0. The molecule has 0 amide bonds. The molecule has 0 aliphatic rings. The molecule has 0 aliphatic heterocycles. The van der Waals surface area contributed by atoms with Gasteiger partial charge in [0.05, 0.1) is 5.75 Å². The third-order valence-corrected chi connectivity index (χ3v) is 2.86. The molecule has 0 radical (unpaired) electrons. The topological polar surface area (TPSA) is 66.4 Å². The third-order valence-electron chi connectivity index (χ3n) is 2.06. The van der Waals surface area contributed by atoms with Crippen LogP contribution >= 0.6 is 0 Å². The Balaban J connectivity index is 0. The molecule has 0 saturated carbocycles. The molecule has 0 heterocycles. The minimum absolute atomic E-state index is 0. The van der Waals surface area contributed by atoms with E-state index in [-0.39, 0.29) is 57.1 Å². The molecule has 0 aromatic rings. The van der Waals surface area contributed by atoms with Crippen LogP contribution in [-0.2, 0) is 10.1 Å². The maximum atomic E-state index is 10.4. The molecule has 0 spiro atoms. The molecule has 2 N–H and O–H groups in total. The molecule has 0 bridgehead atoms. The average Bonchev–Trinajstić information content (AvgIpc) is 2.07. The summed E-state index contributed by atoms with van der Waals surface area (Å²) in [6, 6.07) is 0. The van der Waals surface area contributed by atoms with E-state index in [0.29, 0.717) is 12.3 Å². The van der Waals surface area contributed by atoms with E-state index in [1.165, 1.54) is 0 Å². The van der Waals surface area contributed by atoms with Crippen LogP contribution in [0.4, 0.5) is 0 Å². The van der Waals surface area contributed by atoms with E-state index in [2.05, 4.69) is 19.2 Å². The molecule has 16 heavy (non-hydrogen) atoms. The molecule has 0 rings (SSSR count). The van der Waals surface area contributed by atoms with Crippen molar-refractivity contribution in [3.63, 3.8) is 0 Å². The second-order valence-electron chi connectivity index (χ2n) is 4.30. The third kappa shape index (κ3) is 17.9. The first-order valence-corrected chi connectivity index (χ1v) is 7.18. The van der Waals surface area contributed by atoms with Gasteiger partial charge in [-0.25, -0.2) is 0 Å². The van der Waals surface area contributed by atoms with E-state index in [1.807, 2.05) is 0 Å². The molecule has 0 fully saturated rings. The normalized spacial score (nSPS) is 11.5. The number of hydrogen-bond acceptors (Lipinski definition) is 3. The van der Waals surface area contributed by atoms with E-state index in [4.69, 9.17) is 4.55 Å². The molecule has 6 heteroatoms. The van der Waals surface area contributed by atoms with E-state index in [0.717, 1.165) is 32.4 Å². The van der Waals surface area contributed by atoms with Crippen molar-refractivity contribution in [1.29, 1.82) is 0 Å². The Bertz CT molecular complexity index is 242. The van der Waals surface area contributed by atoms with Gasteiger partial charge in [-0.05, 0) is 31.8 Å². The van der Waals surface area contributed by atoms with Crippen LogP contribution in [0.25, 0.3) is 0 Å². The minimum atomic E-state index is -3.75. The van der Waals surface area contributed by atoms with Crippen molar-refractivity contribution in [1.82, 2.24) is 5.32 Å². The van der Waals surface area contributed by atoms with Crippen LogP contribution in [0.5, 0.6) is 0 Å². The predicted molar refractivity (Wildman–Crippen MR) is 69.7 cm³/mol. The summed E-state index contributed by atoms with van der Waals surface area (Å²) in [4.78, 5) is 0. The van der Waals surface area contributed by atoms with Crippen LogP contribution in [-0.4, -0.2) is 83.2 Å². The number of unbranched alkanes of at least 4 members (excludes halogenated alkanes) is 3. The van der Waals surface area contributed by atoms with Crippen molar-refractivity contribution in [3.05, 3.63) is 0 Å². The van der Waals surface area contributed by atoms with E-state index >= 15 is 0 Å². The van der Waals surface area contributed by atoms with Crippen molar-refractivity contribution < 1.29 is 13.0 Å². The molecule has 0 saturated heterocycles. The first kappa shape index (κ1) is 19.8. The summed E-state index contributed by atoms with van der Waals surface area (Å²) in [5, 5.41) is 3.32. The van der Waals surface area contributed by atoms with Crippen molar-refractivity contribution in [2.75, 3.05) is 18.8 Å². The van der Waals surface area contributed by atoms with Crippen LogP contribution in [0.2, 0.25) is 0 Å². The van der Waals surface area contributed by atoms with Gasteiger partial charge in [0.25, 0.3) is 10.1 Å². The van der Waals surface area contributed by atoms with Gasteiger partial charge in [-0.1, -0.05) is 26.7 Å². The SMILES string of the molecule is CC(C)CNCCCCCCS(=O)(=O)O.[KH]. The van der Waals surface area contributed by atoms with Gasteiger partial charge in [0.1, 0.15) is 0 Å². The van der Waals surface area contributed by atoms with Gasteiger partial charge in [0, 0.05) is 0 Å². The van der Waals surface area contributed by atoms with Crippen molar-refractivity contribution in [3.8, 4) is 0 Å². The summed E-state index contributed by atoms with van der Waals surface area (Å²) in [5.74, 6) is 0.566. The maximum absolute atomic E-state index is 10.4. The van der Waals surface area contributed by atoms with Crippen LogP contribution in [0.15, 0.2) is 0 Å². The van der Waals surface area contributed by atoms with Crippen LogP contribution in [0, 0.1) is 5.92 Å². The van der Waals surface area contributed by atoms with E-state index < -0.39 is 10.1 Å². The van der Waals surface area contributed by atoms with Crippen LogP contribution in [0.3, 0.4) is 0 Å². The fourth-order valence-electron chi connectivity index (χ4n) is 1.28. The summed E-state index contributed by atoms with van der Waals surface area (Å²) in [5.41, 5.74) is 0. The molecular weight excluding hydrogens is 253 g/mol. The fraction of sp³-hybridized carbons (Fsp3) is 1.00. The summed E-state index contributed by atoms with van der Waals surface area (Å²) in [6.45, 7) is 6.35. The van der Waals surface area contributed by atoms with Gasteiger partial charge in [0.15, 0.2) is 0 Å². The Morgan fingerprint density at radius 1 is 1.12 bits per heavy atom. The molecule has 0 unspecified atom stereocenters. The Labute approximate surface area is 142 Å². The quantitative estimate of drug-likeness (QED) is 0.375. The second-order valence-corrected chi connectivity index (χ2v) is 5.87. The molecule has 4 nitrogen and oxygen atoms in total. The summed E-state index contributed by atoms with van der Waals surface area (Å²) in [6.07, 6.45) is 3.50. The molecule has 94 valence electrons. The molecule has 0 aromatic carbocycles. The Hall–Kier alpha value is 1.51. The van der Waals surface area contributed by atoms with Crippen LogP contribution < -0.4 is 5.32 Å². The van der Waals surface area contributed by atoms with Gasteiger partial charge >= 0.3 is 51.4 Å². The average molecular weight is 277 g/mol. The van der Waals surface area contributed by atoms with Crippen LogP contribution in [0.1, 0.15) is 39.5 Å². The summed E-state index contributed by atoms with van der Waals surface area (Å²) in [7, 11) is -3.75. The number of nitrogens with one attached hydrogen (secondary N) is 1. The second kappa shape index (κ2) is 11.6. The molecule has 0 atom stereocenters. The Morgan fingerprint density at radius 2 is 1.69 bits per heavy atom. The Morgan fingerprint density at radius 3 is 2.19 bits per heavy atom. The zero-order valence-electron chi connectivity index (χ0n) is 9.70. The van der Waals surface area contributed by atoms with Gasteiger partial charge in [-0.2, -0.15) is 8.42 Å². The van der Waals surface area contributed by atoms with E-state index in [9.17, 15) is 8.42 Å². The van der Waals surface area contributed by atoms with E-state index in [1.54, 1.807) is 0 Å². The van der Waals surface area contributed by atoms with Gasteiger partial charge in [-0.15, -0.1) is 0 Å². The van der Waals surface area contributed by atoms with Crippen molar-refractivity contribution in [2.24, 2.45) is 5.92 Å².